The molecule has 138 valence electrons. The van der Waals surface area contributed by atoms with Crippen molar-refractivity contribution in [2.45, 2.75) is 18.4 Å². The number of rotatable bonds is 3. The zero-order chi connectivity index (χ0) is 19.1. The van der Waals surface area contributed by atoms with E-state index in [0.29, 0.717) is 16.9 Å². The summed E-state index contributed by atoms with van der Waals surface area (Å²) in [7, 11) is 2.52. The van der Waals surface area contributed by atoms with Gasteiger partial charge in [-0.3, -0.25) is 9.59 Å². The number of methoxy groups -OCH3 is 1. The lowest BCUT2D eigenvalue weighted by Crippen LogP contribution is -2.40. The molecule has 0 aromatic heterocycles. The van der Waals surface area contributed by atoms with Crippen LogP contribution in [-0.4, -0.2) is 49.6 Å². The molecule has 2 aliphatic rings. The van der Waals surface area contributed by atoms with E-state index in [-0.39, 0.29) is 17.7 Å². The zero-order valence-electron chi connectivity index (χ0n) is 14.1. The van der Waals surface area contributed by atoms with Gasteiger partial charge >= 0.3 is 18.1 Å². The third kappa shape index (κ3) is 2.63. The van der Waals surface area contributed by atoms with Crippen LogP contribution in [0.1, 0.15) is 17.5 Å². The van der Waals surface area contributed by atoms with Crippen molar-refractivity contribution in [1.29, 1.82) is 0 Å². The van der Waals surface area contributed by atoms with Gasteiger partial charge in [-0.05, 0) is 24.1 Å². The topological polar surface area (TPSA) is 114 Å². The van der Waals surface area contributed by atoms with Crippen LogP contribution in [-0.2, 0) is 31.1 Å². The van der Waals surface area contributed by atoms with Crippen LogP contribution < -0.4 is 10.6 Å². The SMILES string of the molecule is CNC(=O)Nc1cc2c(cc1F)[C@@]1(CC2)OC(=O)N(CC(=O)OC)C1=O. The number of urea groups is 1. The van der Waals surface area contributed by atoms with Crippen LogP contribution in [0.25, 0.3) is 0 Å². The molecule has 0 radical (unpaired) electrons. The lowest BCUT2D eigenvalue weighted by molar-refractivity contribution is -0.146. The molecular formula is C16H16FN3O6. The summed E-state index contributed by atoms with van der Waals surface area (Å²) in [5, 5.41) is 4.65. The molecule has 10 heteroatoms. The van der Waals surface area contributed by atoms with E-state index in [4.69, 9.17) is 4.74 Å². The van der Waals surface area contributed by atoms with Crippen molar-refractivity contribution >= 4 is 29.7 Å². The van der Waals surface area contributed by atoms with Crippen molar-refractivity contribution in [3.8, 4) is 0 Å². The first kappa shape index (κ1) is 17.6. The maximum absolute atomic E-state index is 14.4. The Balaban J connectivity index is 1.95. The van der Waals surface area contributed by atoms with E-state index in [0.717, 1.165) is 13.2 Å². The Morgan fingerprint density at radius 1 is 1.38 bits per heavy atom. The fourth-order valence-corrected chi connectivity index (χ4v) is 3.13. The number of anilines is 1. The number of nitrogens with zero attached hydrogens (tertiary/aromatic N) is 1. The maximum atomic E-state index is 14.4. The molecule has 1 heterocycles. The second-order valence-corrected chi connectivity index (χ2v) is 5.86. The Morgan fingerprint density at radius 3 is 2.77 bits per heavy atom. The summed E-state index contributed by atoms with van der Waals surface area (Å²) in [5.41, 5.74) is -0.933. The molecule has 1 aliphatic heterocycles. The minimum atomic E-state index is -1.66. The summed E-state index contributed by atoms with van der Waals surface area (Å²) in [5.74, 6) is -2.29. The molecule has 1 aromatic rings. The van der Waals surface area contributed by atoms with Gasteiger partial charge in [0.25, 0.3) is 5.91 Å². The van der Waals surface area contributed by atoms with Gasteiger partial charge in [0.15, 0.2) is 0 Å². The number of nitrogens with one attached hydrogen (secondary N) is 2. The molecule has 0 unspecified atom stereocenters. The highest BCUT2D eigenvalue weighted by Gasteiger charge is 2.58. The fraction of sp³-hybridized carbons (Fsp3) is 0.375. The summed E-state index contributed by atoms with van der Waals surface area (Å²) in [6.07, 6.45) is -0.530. The van der Waals surface area contributed by atoms with Crippen LogP contribution in [0.15, 0.2) is 12.1 Å². The van der Waals surface area contributed by atoms with E-state index < -0.39 is 42.0 Å². The molecule has 4 amide bonds. The lowest BCUT2D eigenvalue weighted by Gasteiger charge is -2.20. The molecule has 1 spiro atoms. The Hall–Kier alpha value is -3.17. The highest BCUT2D eigenvalue weighted by Crippen LogP contribution is 2.46. The monoisotopic (exact) mass is 365 g/mol. The Bertz CT molecular complexity index is 826. The Kier molecular flexibility index (Phi) is 4.26. The minimum absolute atomic E-state index is 0.0525. The Morgan fingerprint density at radius 2 is 2.12 bits per heavy atom. The highest BCUT2D eigenvalue weighted by atomic mass is 19.1. The highest BCUT2D eigenvalue weighted by molar-refractivity contribution is 6.06. The molecule has 3 rings (SSSR count). The number of hydrogen-bond acceptors (Lipinski definition) is 6. The van der Waals surface area contributed by atoms with E-state index in [9.17, 15) is 23.6 Å². The molecular weight excluding hydrogens is 349 g/mol. The average molecular weight is 365 g/mol. The number of esters is 1. The molecule has 26 heavy (non-hydrogen) atoms. The van der Waals surface area contributed by atoms with E-state index >= 15 is 0 Å². The van der Waals surface area contributed by atoms with Gasteiger partial charge in [0.05, 0.1) is 12.8 Å². The molecule has 1 fully saturated rings. The number of imide groups is 1. The molecule has 2 N–H and O–H groups in total. The number of carbonyl (C=O) groups excluding carboxylic acids is 4. The summed E-state index contributed by atoms with van der Waals surface area (Å²) in [6.45, 7) is -0.579. The molecule has 9 nitrogen and oxygen atoms in total. The van der Waals surface area contributed by atoms with Gasteiger partial charge in [-0.25, -0.2) is 18.9 Å². The van der Waals surface area contributed by atoms with Crippen LogP contribution in [0, 0.1) is 5.82 Å². The van der Waals surface area contributed by atoms with Gasteiger partial charge in [-0.2, -0.15) is 0 Å². The second kappa shape index (κ2) is 6.28. The number of fused-ring (bicyclic) bond motifs is 2. The third-order valence-electron chi connectivity index (χ3n) is 4.44. The lowest BCUT2D eigenvalue weighted by atomic mass is 9.94. The summed E-state index contributed by atoms with van der Waals surface area (Å²) < 4.78 is 24.1. The number of aryl methyl sites for hydroxylation is 1. The number of amides is 4. The molecule has 0 bridgehead atoms. The van der Waals surface area contributed by atoms with E-state index in [1.807, 2.05) is 0 Å². The molecule has 1 atom stereocenters. The van der Waals surface area contributed by atoms with Crippen molar-refractivity contribution < 1.29 is 33.0 Å². The van der Waals surface area contributed by atoms with Gasteiger partial charge in [-0.1, -0.05) is 0 Å². The Labute approximate surface area is 147 Å². The predicted octanol–water partition coefficient (Wildman–Crippen LogP) is 0.870. The van der Waals surface area contributed by atoms with Crippen molar-refractivity contribution in [3.05, 3.63) is 29.1 Å². The zero-order valence-corrected chi connectivity index (χ0v) is 14.1. The molecule has 1 saturated heterocycles. The van der Waals surface area contributed by atoms with Gasteiger partial charge in [0, 0.05) is 19.0 Å². The standard InChI is InChI=1S/C16H16FN3O6/c1-18-14(23)19-11-5-8-3-4-16(9(8)6-10(11)17)13(22)20(15(24)26-16)7-12(21)25-2/h5-6H,3-4,7H2,1-2H3,(H2,18,19,23)/t16-/m1/s1. The number of ether oxygens (including phenoxy) is 2. The van der Waals surface area contributed by atoms with Crippen LogP contribution >= 0.6 is 0 Å². The normalized spacial score (nSPS) is 20.8. The molecule has 1 aromatic carbocycles. The van der Waals surface area contributed by atoms with Crippen LogP contribution in [0.2, 0.25) is 0 Å². The van der Waals surface area contributed by atoms with Crippen molar-refractivity contribution in [2.75, 3.05) is 26.0 Å². The quantitative estimate of drug-likeness (QED) is 0.769. The summed E-state index contributed by atoms with van der Waals surface area (Å²) >= 11 is 0. The van der Waals surface area contributed by atoms with Gasteiger partial charge < -0.3 is 20.1 Å². The molecule has 0 saturated carbocycles. The van der Waals surface area contributed by atoms with Gasteiger partial charge in [0.1, 0.15) is 12.4 Å². The number of carbonyl (C=O) groups is 4. The smallest absolute Gasteiger partial charge is 0.418 e. The van der Waals surface area contributed by atoms with Gasteiger partial charge in [-0.15, -0.1) is 0 Å². The fourth-order valence-electron chi connectivity index (χ4n) is 3.13. The predicted molar refractivity (Wildman–Crippen MR) is 84.7 cm³/mol. The van der Waals surface area contributed by atoms with Crippen molar-refractivity contribution in [3.63, 3.8) is 0 Å². The number of halogens is 1. The van der Waals surface area contributed by atoms with E-state index in [1.165, 1.54) is 13.1 Å². The summed E-state index contributed by atoms with van der Waals surface area (Å²) in [4.78, 5) is 48.2. The van der Waals surface area contributed by atoms with Crippen LogP contribution in [0.5, 0.6) is 0 Å². The van der Waals surface area contributed by atoms with Crippen molar-refractivity contribution in [1.82, 2.24) is 10.2 Å². The number of benzene rings is 1. The van der Waals surface area contributed by atoms with E-state index in [1.54, 1.807) is 0 Å². The van der Waals surface area contributed by atoms with Crippen LogP contribution in [0.3, 0.4) is 0 Å². The first-order chi connectivity index (χ1) is 12.3. The third-order valence-corrected chi connectivity index (χ3v) is 4.44. The van der Waals surface area contributed by atoms with E-state index in [2.05, 4.69) is 15.4 Å². The van der Waals surface area contributed by atoms with Crippen molar-refractivity contribution in [2.24, 2.45) is 0 Å². The first-order valence-corrected chi connectivity index (χ1v) is 7.75. The maximum Gasteiger partial charge on any atom is 0.418 e. The summed E-state index contributed by atoms with van der Waals surface area (Å²) in [6, 6.07) is 1.88. The second-order valence-electron chi connectivity index (χ2n) is 5.86. The van der Waals surface area contributed by atoms with Gasteiger partial charge in [0.2, 0.25) is 5.60 Å². The van der Waals surface area contributed by atoms with Crippen LogP contribution in [0.4, 0.5) is 19.7 Å². The average Bonchev–Trinajstić information content (AvgIpc) is 3.08. The molecule has 1 aliphatic carbocycles. The first-order valence-electron chi connectivity index (χ1n) is 7.75. The minimum Gasteiger partial charge on any atom is -0.468 e. The largest absolute Gasteiger partial charge is 0.468 e. The number of hydrogen-bond donors (Lipinski definition) is 2.